The van der Waals surface area contributed by atoms with Gasteiger partial charge in [0.25, 0.3) is 0 Å². The molecule has 25 heavy (non-hydrogen) atoms. The van der Waals surface area contributed by atoms with Gasteiger partial charge in [-0.05, 0) is 23.8 Å². The second-order valence-corrected chi connectivity index (χ2v) is 5.93. The predicted molar refractivity (Wildman–Crippen MR) is 97.3 cm³/mol. The molecule has 0 bridgehead atoms. The summed E-state index contributed by atoms with van der Waals surface area (Å²) in [6.45, 7) is 6.40. The van der Waals surface area contributed by atoms with E-state index in [-0.39, 0.29) is 5.91 Å². The molecule has 1 aliphatic rings. The lowest BCUT2D eigenvalue weighted by molar-refractivity contribution is -0.114. The van der Waals surface area contributed by atoms with E-state index in [0.29, 0.717) is 6.54 Å². The van der Waals surface area contributed by atoms with Crippen molar-refractivity contribution in [2.24, 2.45) is 0 Å². The van der Waals surface area contributed by atoms with Crippen molar-refractivity contribution >= 4 is 23.2 Å². The molecule has 2 heterocycles. The molecule has 6 heteroatoms. The topological polar surface area (TPSA) is 63.1 Å². The highest BCUT2D eigenvalue weighted by Gasteiger charge is 2.27. The molecular weight excluding hydrogens is 314 g/mol. The third-order valence-electron chi connectivity index (χ3n) is 4.17. The van der Waals surface area contributed by atoms with Crippen LogP contribution in [0.4, 0.5) is 11.6 Å². The number of aromatic nitrogens is 3. The first-order valence-corrected chi connectivity index (χ1v) is 7.96. The molecule has 0 atom stereocenters. The maximum absolute atomic E-state index is 11.4. The Morgan fingerprint density at radius 3 is 2.76 bits per heavy atom. The molecule has 1 amide bonds. The maximum atomic E-state index is 11.4. The first-order valence-electron chi connectivity index (χ1n) is 7.96. The molecule has 6 nitrogen and oxygen atoms in total. The number of amides is 1. The van der Waals surface area contributed by atoms with Gasteiger partial charge in [-0.2, -0.15) is 0 Å². The second-order valence-electron chi connectivity index (χ2n) is 5.93. The largest absolute Gasteiger partial charge is 0.326 e. The van der Waals surface area contributed by atoms with Crippen molar-refractivity contribution in [1.29, 1.82) is 0 Å². The van der Waals surface area contributed by atoms with Crippen LogP contribution in [0.15, 0.2) is 61.4 Å². The van der Waals surface area contributed by atoms with E-state index in [1.54, 1.807) is 6.33 Å². The number of rotatable bonds is 3. The quantitative estimate of drug-likeness (QED) is 0.800. The zero-order chi connectivity index (χ0) is 17.4. The average molecular weight is 331 g/mol. The maximum Gasteiger partial charge on any atom is 0.236 e. The molecule has 0 spiro atoms. The molecule has 0 saturated heterocycles. The molecule has 1 aliphatic heterocycles. The van der Waals surface area contributed by atoms with Gasteiger partial charge in [0, 0.05) is 23.9 Å². The van der Waals surface area contributed by atoms with Crippen LogP contribution in [0.1, 0.15) is 18.1 Å². The standard InChI is InChI=1S/C19H17N5O/c1-13-17-10-16(21-14(2)25)8-9-18(17)24-12-20-22-19(24)23(13)11-15-6-4-3-5-7-15/h3-10,12H,1,11H2,2H3,(H,21,25). The van der Waals surface area contributed by atoms with Crippen LogP contribution in [0, 0.1) is 0 Å². The lowest BCUT2D eigenvalue weighted by Gasteiger charge is -2.32. The molecule has 3 aromatic rings. The second kappa shape index (κ2) is 5.90. The molecule has 1 N–H and O–H groups in total. The monoisotopic (exact) mass is 331 g/mol. The lowest BCUT2D eigenvalue weighted by atomic mass is 10.0. The fourth-order valence-electron chi connectivity index (χ4n) is 3.04. The van der Waals surface area contributed by atoms with Gasteiger partial charge in [-0.25, -0.2) is 0 Å². The van der Waals surface area contributed by atoms with E-state index in [2.05, 4.69) is 34.2 Å². The molecule has 4 rings (SSSR count). The number of carbonyl (C=O) groups is 1. The van der Waals surface area contributed by atoms with Gasteiger partial charge in [-0.15, -0.1) is 10.2 Å². The fraction of sp³-hybridized carbons (Fsp3) is 0.105. The van der Waals surface area contributed by atoms with Crippen LogP contribution in [0.2, 0.25) is 0 Å². The summed E-state index contributed by atoms with van der Waals surface area (Å²) >= 11 is 0. The number of carbonyl (C=O) groups excluding carboxylic acids is 1. The summed E-state index contributed by atoms with van der Waals surface area (Å²) in [6.07, 6.45) is 1.69. The highest BCUT2D eigenvalue weighted by atomic mass is 16.1. The minimum absolute atomic E-state index is 0.104. The summed E-state index contributed by atoms with van der Waals surface area (Å²) in [4.78, 5) is 13.4. The van der Waals surface area contributed by atoms with E-state index in [1.807, 2.05) is 45.9 Å². The van der Waals surface area contributed by atoms with E-state index >= 15 is 0 Å². The van der Waals surface area contributed by atoms with E-state index in [0.717, 1.165) is 34.1 Å². The van der Waals surface area contributed by atoms with Crippen molar-refractivity contribution in [2.75, 3.05) is 10.2 Å². The lowest BCUT2D eigenvalue weighted by Crippen LogP contribution is -2.28. The first kappa shape index (κ1) is 15.1. The van der Waals surface area contributed by atoms with Crippen LogP contribution in [0.3, 0.4) is 0 Å². The van der Waals surface area contributed by atoms with Crippen molar-refractivity contribution in [2.45, 2.75) is 13.5 Å². The van der Waals surface area contributed by atoms with E-state index in [4.69, 9.17) is 0 Å². The zero-order valence-electron chi connectivity index (χ0n) is 13.8. The summed E-state index contributed by atoms with van der Waals surface area (Å²) in [5, 5.41) is 11.1. The highest BCUT2D eigenvalue weighted by molar-refractivity contribution is 5.91. The van der Waals surface area contributed by atoms with Gasteiger partial charge in [-0.1, -0.05) is 36.9 Å². The number of hydrogen-bond donors (Lipinski definition) is 1. The van der Waals surface area contributed by atoms with Gasteiger partial charge < -0.3 is 10.2 Å². The number of anilines is 2. The Morgan fingerprint density at radius 1 is 1.20 bits per heavy atom. The summed E-state index contributed by atoms with van der Waals surface area (Å²) < 4.78 is 1.94. The van der Waals surface area contributed by atoms with E-state index < -0.39 is 0 Å². The van der Waals surface area contributed by atoms with Crippen LogP contribution in [-0.4, -0.2) is 20.7 Å². The Hall–Kier alpha value is -3.41. The van der Waals surface area contributed by atoms with Crippen molar-refractivity contribution < 1.29 is 4.79 Å². The summed E-state index contributed by atoms with van der Waals surface area (Å²) in [7, 11) is 0. The smallest absolute Gasteiger partial charge is 0.236 e. The Kier molecular flexibility index (Phi) is 3.57. The fourth-order valence-corrected chi connectivity index (χ4v) is 3.04. The van der Waals surface area contributed by atoms with Crippen LogP contribution in [0.5, 0.6) is 0 Å². The Labute approximate surface area is 145 Å². The van der Waals surface area contributed by atoms with Crippen LogP contribution < -0.4 is 10.2 Å². The Morgan fingerprint density at radius 2 is 2.00 bits per heavy atom. The molecule has 2 aromatic carbocycles. The number of benzene rings is 2. The van der Waals surface area contributed by atoms with Crippen molar-refractivity contribution in [3.05, 3.63) is 72.6 Å². The third kappa shape index (κ3) is 2.67. The van der Waals surface area contributed by atoms with Gasteiger partial charge >= 0.3 is 0 Å². The van der Waals surface area contributed by atoms with Crippen molar-refractivity contribution in [3.63, 3.8) is 0 Å². The predicted octanol–water partition coefficient (Wildman–Crippen LogP) is 3.22. The minimum Gasteiger partial charge on any atom is -0.326 e. The van der Waals surface area contributed by atoms with E-state index in [1.165, 1.54) is 6.92 Å². The van der Waals surface area contributed by atoms with Gasteiger partial charge in [0.1, 0.15) is 6.33 Å². The Bertz CT molecular complexity index is 961. The molecule has 0 fully saturated rings. The molecule has 0 unspecified atom stereocenters. The number of nitrogens with one attached hydrogen (secondary N) is 1. The van der Waals surface area contributed by atoms with Crippen LogP contribution in [0.25, 0.3) is 11.4 Å². The molecule has 124 valence electrons. The Balaban J connectivity index is 1.78. The molecule has 0 saturated carbocycles. The average Bonchev–Trinajstić information content (AvgIpc) is 3.08. The van der Waals surface area contributed by atoms with Crippen LogP contribution >= 0.6 is 0 Å². The summed E-state index contributed by atoms with van der Waals surface area (Å²) in [6, 6.07) is 15.9. The van der Waals surface area contributed by atoms with E-state index in [9.17, 15) is 4.79 Å². The molecule has 0 aliphatic carbocycles. The van der Waals surface area contributed by atoms with Gasteiger partial charge in [0.2, 0.25) is 11.9 Å². The highest BCUT2D eigenvalue weighted by Crippen LogP contribution is 2.37. The summed E-state index contributed by atoms with van der Waals surface area (Å²) in [5.74, 6) is 0.626. The van der Waals surface area contributed by atoms with Crippen LogP contribution in [-0.2, 0) is 11.3 Å². The third-order valence-corrected chi connectivity index (χ3v) is 4.17. The number of hydrogen-bond acceptors (Lipinski definition) is 4. The van der Waals surface area contributed by atoms with Crippen molar-refractivity contribution in [1.82, 2.24) is 14.8 Å². The summed E-state index contributed by atoms with van der Waals surface area (Å²) in [5.41, 5.74) is 4.60. The number of nitrogens with zero attached hydrogens (tertiary/aromatic N) is 4. The van der Waals surface area contributed by atoms with Gasteiger partial charge in [-0.3, -0.25) is 9.36 Å². The first-order chi connectivity index (χ1) is 12.1. The normalized spacial score (nSPS) is 12.5. The van der Waals surface area contributed by atoms with Crippen molar-refractivity contribution in [3.8, 4) is 5.69 Å². The molecule has 0 radical (unpaired) electrons. The SMILES string of the molecule is C=C1c2cc(NC(C)=O)ccc2-n2cnnc2N1Cc1ccccc1. The minimum atomic E-state index is -0.104. The zero-order valence-corrected chi connectivity index (χ0v) is 13.8. The molecular formula is C19H17N5O. The van der Waals surface area contributed by atoms with Gasteiger partial charge in [0.05, 0.1) is 12.2 Å². The van der Waals surface area contributed by atoms with Gasteiger partial charge in [0.15, 0.2) is 0 Å². The number of fused-ring (bicyclic) bond motifs is 3. The molecule has 1 aromatic heterocycles.